The van der Waals surface area contributed by atoms with Gasteiger partial charge in [0.15, 0.2) is 0 Å². The Morgan fingerprint density at radius 3 is 2.65 bits per heavy atom. The Labute approximate surface area is 129 Å². The molecule has 106 valence electrons. The van der Waals surface area contributed by atoms with Gasteiger partial charge in [0, 0.05) is 12.5 Å². The van der Waals surface area contributed by atoms with E-state index >= 15 is 0 Å². The standard InChI is InChI=1S/C14H14F2IN3/c1-2-3-11-13(17)14(18)20-12(19-11)6-8-4-5-9(15)7-10(8)16/h4-5,7H,2-3,6H2,1H3,(H2,18,19,20). The summed E-state index contributed by atoms with van der Waals surface area (Å²) in [5.41, 5.74) is 7.08. The molecule has 2 aromatic rings. The molecule has 0 bridgehead atoms. The highest BCUT2D eigenvalue weighted by Crippen LogP contribution is 2.20. The maximum Gasteiger partial charge on any atom is 0.140 e. The monoisotopic (exact) mass is 389 g/mol. The van der Waals surface area contributed by atoms with Gasteiger partial charge in [0.1, 0.15) is 23.3 Å². The van der Waals surface area contributed by atoms with Crippen molar-refractivity contribution in [3.63, 3.8) is 0 Å². The van der Waals surface area contributed by atoms with E-state index in [0.29, 0.717) is 17.2 Å². The van der Waals surface area contributed by atoms with Crippen LogP contribution in [0.25, 0.3) is 0 Å². The highest BCUT2D eigenvalue weighted by atomic mass is 127. The summed E-state index contributed by atoms with van der Waals surface area (Å²) in [5, 5.41) is 0. The van der Waals surface area contributed by atoms with Gasteiger partial charge >= 0.3 is 0 Å². The molecule has 2 rings (SSSR count). The molecule has 0 spiro atoms. The first-order valence-corrected chi connectivity index (χ1v) is 7.33. The van der Waals surface area contributed by atoms with Crippen molar-refractivity contribution in [3.8, 4) is 0 Å². The van der Waals surface area contributed by atoms with Crippen molar-refractivity contribution in [1.82, 2.24) is 9.97 Å². The van der Waals surface area contributed by atoms with E-state index in [1.165, 1.54) is 12.1 Å². The summed E-state index contributed by atoms with van der Waals surface area (Å²) < 4.78 is 27.4. The van der Waals surface area contributed by atoms with Crippen molar-refractivity contribution in [2.24, 2.45) is 0 Å². The van der Waals surface area contributed by atoms with E-state index in [1.807, 2.05) is 6.92 Å². The van der Waals surface area contributed by atoms with Gasteiger partial charge in [-0.05, 0) is 40.6 Å². The maximum absolute atomic E-state index is 13.6. The summed E-state index contributed by atoms with van der Waals surface area (Å²) >= 11 is 2.11. The summed E-state index contributed by atoms with van der Waals surface area (Å²) in [6, 6.07) is 3.49. The minimum Gasteiger partial charge on any atom is -0.383 e. The third-order valence-electron chi connectivity index (χ3n) is 2.84. The van der Waals surface area contributed by atoms with E-state index in [2.05, 4.69) is 32.6 Å². The summed E-state index contributed by atoms with van der Waals surface area (Å²) in [4.78, 5) is 8.60. The third kappa shape index (κ3) is 3.41. The van der Waals surface area contributed by atoms with Crippen LogP contribution in [-0.4, -0.2) is 9.97 Å². The summed E-state index contributed by atoms with van der Waals surface area (Å²) in [5.74, 6) is -0.331. The molecule has 20 heavy (non-hydrogen) atoms. The number of benzene rings is 1. The van der Waals surface area contributed by atoms with Gasteiger partial charge in [-0.1, -0.05) is 19.4 Å². The Morgan fingerprint density at radius 2 is 2.00 bits per heavy atom. The van der Waals surface area contributed by atoms with Crippen LogP contribution in [0.2, 0.25) is 0 Å². The van der Waals surface area contributed by atoms with Crippen LogP contribution in [0.3, 0.4) is 0 Å². The first kappa shape index (κ1) is 15.1. The zero-order chi connectivity index (χ0) is 14.7. The number of halogens is 3. The van der Waals surface area contributed by atoms with Gasteiger partial charge < -0.3 is 5.73 Å². The van der Waals surface area contributed by atoms with Crippen LogP contribution >= 0.6 is 22.6 Å². The molecule has 3 nitrogen and oxygen atoms in total. The molecule has 0 radical (unpaired) electrons. The number of hydrogen-bond donors (Lipinski definition) is 1. The third-order valence-corrected chi connectivity index (χ3v) is 4.02. The van der Waals surface area contributed by atoms with Crippen molar-refractivity contribution < 1.29 is 8.78 Å². The van der Waals surface area contributed by atoms with Gasteiger partial charge in [-0.3, -0.25) is 0 Å². The van der Waals surface area contributed by atoms with Crippen LogP contribution in [0.4, 0.5) is 14.6 Å². The quantitative estimate of drug-likeness (QED) is 0.815. The smallest absolute Gasteiger partial charge is 0.140 e. The lowest BCUT2D eigenvalue weighted by molar-refractivity contribution is 0.573. The van der Waals surface area contributed by atoms with Gasteiger partial charge in [-0.15, -0.1) is 0 Å². The van der Waals surface area contributed by atoms with E-state index in [0.717, 1.165) is 28.2 Å². The molecular weight excluding hydrogens is 375 g/mol. The fourth-order valence-corrected chi connectivity index (χ4v) is 2.39. The zero-order valence-corrected chi connectivity index (χ0v) is 13.1. The van der Waals surface area contributed by atoms with Gasteiger partial charge in [0.2, 0.25) is 0 Å². The van der Waals surface area contributed by atoms with Crippen molar-refractivity contribution >= 4 is 28.4 Å². The Kier molecular flexibility index (Phi) is 4.85. The normalized spacial score (nSPS) is 10.8. The molecule has 0 aliphatic rings. The minimum absolute atomic E-state index is 0.198. The van der Waals surface area contributed by atoms with Crippen LogP contribution < -0.4 is 5.73 Å². The molecule has 0 fully saturated rings. The largest absolute Gasteiger partial charge is 0.383 e. The molecule has 0 atom stereocenters. The number of nitrogen functional groups attached to an aromatic ring is 1. The molecule has 1 aromatic heterocycles. The van der Waals surface area contributed by atoms with Gasteiger partial charge in [-0.25, -0.2) is 18.7 Å². The highest BCUT2D eigenvalue weighted by molar-refractivity contribution is 14.1. The maximum atomic E-state index is 13.6. The highest BCUT2D eigenvalue weighted by Gasteiger charge is 2.12. The molecule has 0 aliphatic heterocycles. The van der Waals surface area contributed by atoms with Crippen LogP contribution in [0.1, 0.15) is 30.4 Å². The van der Waals surface area contributed by atoms with Gasteiger partial charge in [0.25, 0.3) is 0 Å². The Hall–Kier alpha value is -1.31. The topological polar surface area (TPSA) is 51.8 Å². The van der Waals surface area contributed by atoms with E-state index in [1.54, 1.807) is 0 Å². The van der Waals surface area contributed by atoms with E-state index < -0.39 is 11.6 Å². The molecule has 6 heteroatoms. The lowest BCUT2D eigenvalue weighted by Crippen LogP contribution is -2.08. The molecule has 1 heterocycles. The van der Waals surface area contributed by atoms with Crippen LogP contribution in [-0.2, 0) is 12.8 Å². The molecule has 0 amide bonds. The lowest BCUT2D eigenvalue weighted by Gasteiger charge is -2.09. The number of nitrogens with two attached hydrogens (primary N) is 1. The zero-order valence-electron chi connectivity index (χ0n) is 11.0. The van der Waals surface area contributed by atoms with Crippen LogP contribution in [0, 0.1) is 15.2 Å². The van der Waals surface area contributed by atoms with Crippen LogP contribution in [0.5, 0.6) is 0 Å². The van der Waals surface area contributed by atoms with Crippen LogP contribution in [0.15, 0.2) is 18.2 Å². The fraction of sp³-hybridized carbons (Fsp3) is 0.286. The second kappa shape index (κ2) is 6.43. The van der Waals surface area contributed by atoms with Crippen molar-refractivity contribution in [1.29, 1.82) is 0 Å². The fourth-order valence-electron chi connectivity index (χ4n) is 1.88. The average molecular weight is 389 g/mol. The first-order valence-electron chi connectivity index (χ1n) is 6.26. The second-order valence-corrected chi connectivity index (χ2v) is 5.53. The van der Waals surface area contributed by atoms with Crippen molar-refractivity contribution in [2.45, 2.75) is 26.2 Å². The predicted molar refractivity (Wildman–Crippen MR) is 82.3 cm³/mol. The predicted octanol–water partition coefficient (Wildman–Crippen LogP) is 3.48. The first-order chi connectivity index (χ1) is 9.51. The van der Waals surface area contributed by atoms with E-state index in [-0.39, 0.29) is 6.42 Å². The van der Waals surface area contributed by atoms with Gasteiger partial charge in [-0.2, -0.15) is 0 Å². The molecule has 1 aromatic carbocycles. The van der Waals surface area contributed by atoms with Crippen molar-refractivity contribution in [3.05, 3.63) is 50.5 Å². The minimum atomic E-state index is -0.596. The van der Waals surface area contributed by atoms with Gasteiger partial charge in [0.05, 0.1) is 9.26 Å². The van der Waals surface area contributed by atoms with E-state index in [4.69, 9.17) is 5.73 Å². The molecule has 0 saturated heterocycles. The number of hydrogen-bond acceptors (Lipinski definition) is 3. The Morgan fingerprint density at radius 1 is 1.25 bits per heavy atom. The molecule has 0 saturated carbocycles. The summed E-state index contributed by atoms with van der Waals surface area (Å²) in [6.07, 6.45) is 1.94. The Balaban J connectivity index is 2.33. The summed E-state index contributed by atoms with van der Waals surface area (Å²) in [7, 11) is 0. The number of aryl methyl sites for hydroxylation is 1. The molecule has 0 aliphatic carbocycles. The number of anilines is 1. The second-order valence-electron chi connectivity index (χ2n) is 4.45. The SMILES string of the molecule is CCCc1nc(Cc2ccc(F)cc2F)nc(N)c1I. The Bertz CT molecular complexity index is 632. The number of aromatic nitrogens is 2. The molecule has 0 unspecified atom stereocenters. The molecule has 2 N–H and O–H groups in total. The van der Waals surface area contributed by atoms with E-state index in [9.17, 15) is 8.78 Å². The average Bonchev–Trinajstić information content (AvgIpc) is 2.39. The molecular formula is C14H14F2IN3. The van der Waals surface area contributed by atoms with Crippen molar-refractivity contribution in [2.75, 3.05) is 5.73 Å². The lowest BCUT2D eigenvalue weighted by atomic mass is 10.1. The number of nitrogens with zero attached hydrogens (tertiary/aromatic N) is 2. The number of rotatable bonds is 4. The summed E-state index contributed by atoms with van der Waals surface area (Å²) in [6.45, 7) is 2.05.